The van der Waals surface area contributed by atoms with E-state index in [4.69, 9.17) is 20.9 Å². The van der Waals surface area contributed by atoms with E-state index in [1.54, 1.807) is 55.6 Å². The fourth-order valence-electron chi connectivity index (χ4n) is 1.62. The number of hydrogen-bond acceptors (Lipinski definition) is 3. The van der Waals surface area contributed by atoms with E-state index in [1.807, 2.05) is 0 Å². The molecule has 0 heterocycles. The van der Waals surface area contributed by atoms with Crippen LogP contribution < -0.4 is 14.3 Å². The van der Waals surface area contributed by atoms with E-state index >= 15 is 0 Å². The molecule has 1 N–H and O–H groups in total. The molecule has 0 fully saturated rings. The Morgan fingerprint density at radius 3 is 2.10 bits per heavy atom. The van der Waals surface area contributed by atoms with Crippen molar-refractivity contribution in [3.8, 4) is 11.5 Å². The smallest absolute Gasteiger partial charge is 0.338 e. The first-order valence-corrected chi connectivity index (χ1v) is 8.38. The minimum absolute atomic E-state index is 0.512. The standard InChI is InChI=1S/C14H15ClNO3P/c1-18-13-7-9-14(10-8-13)19-20(2,17)16-12-5-3-11(15)4-6-12/h3-10H,1-2H3,(H,16,17)/t20-/m1/s1. The number of benzene rings is 2. The quantitative estimate of drug-likeness (QED) is 0.816. The molecule has 0 unspecified atom stereocenters. The van der Waals surface area contributed by atoms with E-state index in [1.165, 1.54) is 6.66 Å². The Kier molecular flexibility index (Phi) is 4.58. The zero-order valence-corrected chi connectivity index (χ0v) is 12.8. The first-order chi connectivity index (χ1) is 9.48. The third-order valence-corrected chi connectivity index (χ3v) is 3.99. The lowest BCUT2D eigenvalue weighted by molar-refractivity contribution is 0.413. The average molecular weight is 312 g/mol. The molecular formula is C14H15ClNO3P. The van der Waals surface area contributed by atoms with Gasteiger partial charge in [0.2, 0.25) is 0 Å². The van der Waals surface area contributed by atoms with Crippen LogP contribution in [-0.2, 0) is 4.57 Å². The molecule has 0 spiro atoms. The van der Waals surface area contributed by atoms with Gasteiger partial charge in [-0.3, -0.25) is 4.57 Å². The van der Waals surface area contributed by atoms with Crippen molar-refractivity contribution in [3.05, 3.63) is 53.6 Å². The van der Waals surface area contributed by atoms with Crippen LogP contribution in [0.1, 0.15) is 0 Å². The average Bonchev–Trinajstić information content (AvgIpc) is 2.41. The molecule has 0 aromatic heterocycles. The normalized spacial score (nSPS) is 13.3. The molecular weight excluding hydrogens is 297 g/mol. The van der Waals surface area contributed by atoms with E-state index in [2.05, 4.69) is 5.09 Å². The lowest BCUT2D eigenvalue weighted by atomic mass is 10.3. The van der Waals surface area contributed by atoms with Gasteiger partial charge in [-0.25, -0.2) is 0 Å². The molecule has 6 heteroatoms. The van der Waals surface area contributed by atoms with Crippen molar-refractivity contribution >= 4 is 24.8 Å². The van der Waals surface area contributed by atoms with Crippen LogP contribution in [0.25, 0.3) is 0 Å². The Labute approximate surface area is 123 Å². The first kappa shape index (κ1) is 14.8. The van der Waals surface area contributed by atoms with Gasteiger partial charge in [0.1, 0.15) is 11.5 Å². The zero-order chi connectivity index (χ0) is 14.6. The Bertz CT molecular complexity index is 613. The van der Waals surface area contributed by atoms with Crippen LogP contribution in [0.15, 0.2) is 48.5 Å². The summed E-state index contributed by atoms with van der Waals surface area (Å²) in [6.45, 7) is 1.52. The van der Waals surface area contributed by atoms with Crippen LogP contribution >= 0.6 is 19.1 Å². The van der Waals surface area contributed by atoms with Gasteiger partial charge in [0.25, 0.3) is 0 Å². The van der Waals surface area contributed by atoms with Crippen molar-refractivity contribution in [1.29, 1.82) is 0 Å². The summed E-state index contributed by atoms with van der Waals surface area (Å²) in [6, 6.07) is 13.8. The van der Waals surface area contributed by atoms with E-state index in [-0.39, 0.29) is 0 Å². The third kappa shape index (κ3) is 4.19. The zero-order valence-electron chi connectivity index (χ0n) is 11.2. The molecule has 2 rings (SSSR count). The van der Waals surface area contributed by atoms with Crippen LogP contribution in [0.3, 0.4) is 0 Å². The third-order valence-electron chi connectivity index (χ3n) is 2.52. The lowest BCUT2D eigenvalue weighted by Gasteiger charge is -2.17. The molecule has 0 aliphatic carbocycles. The van der Waals surface area contributed by atoms with Crippen LogP contribution in [-0.4, -0.2) is 13.8 Å². The van der Waals surface area contributed by atoms with E-state index in [0.717, 1.165) is 0 Å². The highest BCUT2D eigenvalue weighted by Crippen LogP contribution is 2.43. The fourth-order valence-corrected chi connectivity index (χ4v) is 2.93. The van der Waals surface area contributed by atoms with Crippen LogP contribution in [0, 0.1) is 0 Å². The predicted octanol–water partition coefficient (Wildman–Crippen LogP) is 4.66. The van der Waals surface area contributed by atoms with E-state index in [0.29, 0.717) is 22.2 Å². The van der Waals surface area contributed by atoms with Gasteiger partial charge in [0.05, 0.1) is 7.11 Å². The SMILES string of the molecule is COc1ccc(O[P@@](C)(=O)Nc2ccc(Cl)cc2)cc1. The summed E-state index contributed by atoms with van der Waals surface area (Å²) in [6.07, 6.45) is 0. The highest BCUT2D eigenvalue weighted by Gasteiger charge is 2.17. The molecule has 1 atom stereocenters. The number of anilines is 1. The molecule has 0 aliphatic rings. The predicted molar refractivity (Wildman–Crippen MR) is 82.2 cm³/mol. The maximum Gasteiger partial charge on any atom is 0.338 e. The van der Waals surface area contributed by atoms with Gasteiger partial charge in [-0.05, 0) is 48.5 Å². The van der Waals surface area contributed by atoms with Gasteiger partial charge >= 0.3 is 7.52 Å². The second kappa shape index (κ2) is 6.21. The summed E-state index contributed by atoms with van der Waals surface area (Å²) in [4.78, 5) is 0. The molecule has 20 heavy (non-hydrogen) atoms. The number of ether oxygens (including phenoxy) is 1. The fraction of sp³-hybridized carbons (Fsp3) is 0.143. The molecule has 0 aliphatic heterocycles. The molecule has 0 saturated heterocycles. The Morgan fingerprint density at radius 1 is 1.00 bits per heavy atom. The van der Waals surface area contributed by atoms with Crippen molar-refractivity contribution < 1.29 is 13.8 Å². The molecule has 0 bridgehead atoms. The maximum atomic E-state index is 12.4. The summed E-state index contributed by atoms with van der Waals surface area (Å²) < 4.78 is 22.9. The molecule has 2 aromatic rings. The van der Waals surface area contributed by atoms with Crippen LogP contribution in [0.4, 0.5) is 5.69 Å². The molecule has 0 radical (unpaired) electrons. The monoisotopic (exact) mass is 311 g/mol. The summed E-state index contributed by atoms with van der Waals surface area (Å²) in [5.74, 6) is 1.23. The minimum atomic E-state index is -3.01. The maximum absolute atomic E-state index is 12.4. The van der Waals surface area contributed by atoms with Gasteiger partial charge in [-0.15, -0.1) is 0 Å². The highest BCUT2D eigenvalue weighted by molar-refractivity contribution is 7.60. The van der Waals surface area contributed by atoms with Gasteiger partial charge < -0.3 is 14.3 Å². The summed E-state index contributed by atoms with van der Waals surface area (Å²) in [5.41, 5.74) is 0.689. The number of hydrogen-bond donors (Lipinski definition) is 1. The topological polar surface area (TPSA) is 47.6 Å². The van der Waals surface area contributed by atoms with Crippen molar-refractivity contribution in [1.82, 2.24) is 0 Å². The molecule has 2 aromatic carbocycles. The van der Waals surface area contributed by atoms with E-state index in [9.17, 15) is 4.57 Å². The second-order valence-electron chi connectivity index (χ2n) is 4.23. The summed E-state index contributed by atoms with van der Waals surface area (Å²) >= 11 is 5.80. The molecule has 0 saturated carbocycles. The highest BCUT2D eigenvalue weighted by atomic mass is 35.5. The van der Waals surface area contributed by atoms with Crippen LogP contribution in [0.5, 0.6) is 11.5 Å². The van der Waals surface area contributed by atoms with Crippen molar-refractivity contribution in [2.24, 2.45) is 0 Å². The van der Waals surface area contributed by atoms with Gasteiger partial charge in [0, 0.05) is 17.4 Å². The Morgan fingerprint density at radius 2 is 1.55 bits per heavy atom. The second-order valence-corrected chi connectivity index (χ2v) is 6.77. The summed E-state index contributed by atoms with van der Waals surface area (Å²) in [7, 11) is -1.42. The van der Waals surface area contributed by atoms with Crippen molar-refractivity contribution in [3.63, 3.8) is 0 Å². The van der Waals surface area contributed by atoms with Gasteiger partial charge in [-0.2, -0.15) is 0 Å². The Hall–Kier alpha value is -1.64. The largest absolute Gasteiger partial charge is 0.497 e. The number of nitrogens with one attached hydrogen (secondary N) is 1. The lowest BCUT2D eigenvalue weighted by Crippen LogP contribution is -2.02. The first-order valence-electron chi connectivity index (χ1n) is 5.93. The summed E-state index contributed by atoms with van der Waals surface area (Å²) in [5, 5.41) is 3.49. The number of rotatable bonds is 5. The van der Waals surface area contributed by atoms with Crippen LogP contribution in [0.2, 0.25) is 5.02 Å². The number of halogens is 1. The number of methoxy groups -OCH3 is 1. The molecule has 106 valence electrons. The van der Waals surface area contributed by atoms with Gasteiger partial charge in [-0.1, -0.05) is 11.6 Å². The van der Waals surface area contributed by atoms with Crippen molar-refractivity contribution in [2.75, 3.05) is 18.9 Å². The molecule has 0 amide bonds. The minimum Gasteiger partial charge on any atom is -0.497 e. The van der Waals surface area contributed by atoms with Gasteiger partial charge in [0.15, 0.2) is 0 Å². The molecule has 4 nitrogen and oxygen atoms in total. The Balaban J connectivity index is 2.06. The van der Waals surface area contributed by atoms with E-state index < -0.39 is 7.52 Å². The van der Waals surface area contributed by atoms with Crippen molar-refractivity contribution in [2.45, 2.75) is 0 Å².